The summed E-state index contributed by atoms with van der Waals surface area (Å²) in [4.78, 5) is 62.0. The first-order valence-corrected chi connectivity index (χ1v) is 11.1. The van der Waals surface area contributed by atoms with Gasteiger partial charge in [-0.05, 0) is 63.9 Å². The number of primary amides is 1. The van der Waals surface area contributed by atoms with Crippen molar-refractivity contribution in [1.29, 1.82) is 0 Å². The van der Waals surface area contributed by atoms with E-state index in [0.29, 0.717) is 44.1 Å². The second-order valence-electron chi connectivity index (χ2n) is 10.1. The molecule has 1 amide bonds. The van der Waals surface area contributed by atoms with Gasteiger partial charge in [0.25, 0.3) is 0 Å². The molecule has 0 saturated heterocycles. The average molecular weight is 432 g/mol. The molecule has 0 unspecified atom stereocenters. The highest BCUT2D eigenvalue weighted by Crippen LogP contribution is 2.65. The minimum Gasteiger partial charge on any atom is -0.451 e. The molecule has 3 aliphatic rings. The number of rotatable bonds is 5. The summed E-state index contributed by atoms with van der Waals surface area (Å²) < 4.78 is 5.69. The maximum Gasteiger partial charge on any atom is 0.303 e. The summed E-state index contributed by atoms with van der Waals surface area (Å²) in [5.74, 6) is -2.52. The number of hydrogen-bond donors (Lipinski definition) is 1. The van der Waals surface area contributed by atoms with E-state index in [2.05, 4.69) is 0 Å². The normalized spacial score (nSPS) is 40.0. The molecule has 2 saturated carbocycles. The monoisotopic (exact) mass is 431 g/mol. The highest BCUT2D eigenvalue weighted by molar-refractivity contribution is 6.04. The van der Waals surface area contributed by atoms with Crippen LogP contribution in [0.1, 0.15) is 73.1 Å². The number of ketones is 3. The van der Waals surface area contributed by atoms with Crippen LogP contribution < -0.4 is 5.73 Å². The van der Waals surface area contributed by atoms with E-state index in [1.165, 1.54) is 26.8 Å². The van der Waals surface area contributed by atoms with E-state index < -0.39 is 34.2 Å². The zero-order chi connectivity index (χ0) is 23.4. The molecule has 0 radical (unpaired) electrons. The summed E-state index contributed by atoms with van der Waals surface area (Å²) in [6.45, 7) is 8.06. The Morgan fingerprint density at radius 1 is 1.00 bits per heavy atom. The molecule has 6 atom stereocenters. The highest BCUT2D eigenvalue weighted by atomic mass is 16.6. The lowest BCUT2D eigenvalue weighted by Crippen LogP contribution is -2.59. The van der Waals surface area contributed by atoms with E-state index in [0.717, 1.165) is 0 Å². The van der Waals surface area contributed by atoms with Crippen molar-refractivity contribution in [2.24, 2.45) is 34.3 Å². The Morgan fingerprint density at radius 3 is 2.13 bits per heavy atom. The fourth-order valence-electron chi connectivity index (χ4n) is 7.12. The van der Waals surface area contributed by atoms with E-state index >= 15 is 0 Å². The minimum atomic E-state index is -1.27. The van der Waals surface area contributed by atoms with Crippen LogP contribution in [0.3, 0.4) is 0 Å². The summed E-state index contributed by atoms with van der Waals surface area (Å²) in [7, 11) is 0. The second-order valence-corrected chi connectivity index (χ2v) is 10.1. The van der Waals surface area contributed by atoms with E-state index in [-0.39, 0.29) is 29.2 Å². The number of carbonyl (C=O) groups excluding carboxylic acids is 5. The van der Waals surface area contributed by atoms with E-state index in [9.17, 15) is 24.0 Å². The van der Waals surface area contributed by atoms with Gasteiger partial charge >= 0.3 is 5.97 Å². The molecule has 2 N–H and O–H groups in total. The van der Waals surface area contributed by atoms with Crippen LogP contribution in [0.15, 0.2) is 11.6 Å². The van der Waals surface area contributed by atoms with Gasteiger partial charge in [0, 0.05) is 35.7 Å². The van der Waals surface area contributed by atoms with Crippen LogP contribution in [0.5, 0.6) is 0 Å². The Kier molecular flexibility index (Phi) is 5.78. The van der Waals surface area contributed by atoms with Gasteiger partial charge in [0.2, 0.25) is 5.91 Å². The van der Waals surface area contributed by atoms with E-state index in [1.54, 1.807) is 0 Å². The zero-order valence-electron chi connectivity index (χ0n) is 19.1. The molecule has 3 rings (SSSR count). The molecule has 7 nitrogen and oxygen atoms in total. The van der Waals surface area contributed by atoms with Crippen molar-refractivity contribution < 1.29 is 28.7 Å². The van der Waals surface area contributed by atoms with E-state index in [4.69, 9.17) is 10.5 Å². The molecule has 0 aromatic rings. The summed E-state index contributed by atoms with van der Waals surface area (Å²) in [6.07, 6.45) is 4.23. The SMILES string of the molecule is CC(=O)O[C@]1(C(C)=O)CC[C@H]2[C@H](C(N)=O)[C@@H]([C@@]3(C)CCC(=O)C=C3C(C)=O)CC[C@@]21C. The van der Waals surface area contributed by atoms with Crippen LogP contribution >= 0.6 is 0 Å². The van der Waals surface area contributed by atoms with Gasteiger partial charge in [-0.15, -0.1) is 0 Å². The van der Waals surface area contributed by atoms with Gasteiger partial charge in [0.1, 0.15) is 0 Å². The molecule has 0 aromatic carbocycles. The van der Waals surface area contributed by atoms with Crippen LogP contribution in [-0.4, -0.2) is 34.8 Å². The maximum absolute atomic E-state index is 12.8. The fourth-order valence-corrected chi connectivity index (χ4v) is 7.12. The first-order chi connectivity index (χ1) is 14.3. The third-order valence-corrected chi connectivity index (χ3v) is 8.61. The molecule has 0 aliphatic heterocycles. The van der Waals surface area contributed by atoms with Crippen LogP contribution in [0.25, 0.3) is 0 Å². The van der Waals surface area contributed by atoms with Crippen LogP contribution in [0.4, 0.5) is 0 Å². The highest BCUT2D eigenvalue weighted by Gasteiger charge is 2.68. The van der Waals surface area contributed by atoms with E-state index in [1.807, 2.05) is 13.8 Å². The molecular formula is C24H33NO6. The van der Waals surface area contributed by atoms with Gasteiger partial charge < -0.3 is 10.5 Å². The summed E-state index contributed by atoms with van der Waals surface area (Å²) >= 11 is 0. The molecule has 170 valence electrons. The lowest BCUT2D eigenvalue weighted by atomic mass is 9.49. The van der Waals surface area contributed by atoms with Crippen LogP contribution in [0.2, 0.25) is 0 Å². The predicted octanol–water partition coefficient (Wildman–Crippen LogP) is 2.69. The van der Waals surface area contributed by atoms with Crippen molar-refractivity contribution in [2.75, 3.05) is 0 Å². The van der Waals surface area contributed by atoms with Crippen molar-refractivity contribution >= 4 is 29.2 Å². The second kappa shape index (κ2) is 7.68. The quantitative estimate of drug-likeness (QED) is 0.668. The topological polar surface area (TPSA) is 121 Å². The maximum atomic E-state index is 12.8. The predicted molar refractivity (Wildman–Crippen MR) is 113 cm³/mol. The van der Waals surface area contributed by atoms with Gasteiger partial charge in [-0.3, -0.25) is 24.0 Å². The lowest BCUT2D eigenvalue weighted by molar-refractivity contribution is -0.186. The molecule has 3 aliphatic carbocycles. The molecule has 0 bridgehead atoms. The molecule has 0 aromatic heterocycles. The first-order valence-electron chi connectivity index (χ1n) is 11.1. The number of ether oxygens (including phenoxy) is 1. The van der Waals surface area contributed by atoms with Crippen molar-refractivity contribution in [2.45, 2.75) is 78.7 Å². The number of esters is 1. The van der Waals surface area contributed by atoms with Crippen LogP contribution in [-0.2, 0) is 28.7 Å². The Hall–Kier alpha value is -2.31. The molecule has 7 heteroatoms. The van der Waals surface area contributed by atoms with Crippen molar-refractivity contribution in [3.8, 4) is 0 Å². The Balaban J connectivity index is 2.09. The molecule has 31 heavy (non-hydrogen) atoms. The fraction of sp³-hybridized carbons (Fsp3) is 0.708. The molecule has 0 heterocycles. The molecule has 2 fully saturated rings. The summed E-state index contributed by atoms with van der Waals surface area (Å²) in [5, 5.41) is 0. The minimum absolute atomic E-state index is 0.0785. The third kappa shape index (κ3) is 3.37. The lowest BCUT2D eigenvalue weighted by Gasteiger charge is -2.55. The van der Waals surface area contributed by atoms with Crippen molar-refractivity contribution in [3.63, 3.8) is 0 Å². The summed E-state index contributed by atoms with van der Waals surface area (Å²) in [6, 6.07) is 0. The number of fused-ring (bicyclic) bond motifs is 1. The van der Waals surface area contributed by atoms with Crippen LogP contribution in [0, 0.1) is 28.6 Å². The number of allylic oxidation sites excluding steroid dienone is 2. The Labute approximate surface area is 183 Å². The van der Waals surface area contributed by atoms with Crippen molar-refractivity contribution in [1.82, 2.24) is 0 Å². The number of carbonyl (C=O) groups is 5. The number of nitrogens with two attached hydrogens (primary N) is 1. The summed E-state index contributed by atoms with van der Waals surface area (Å²) in [5.41, 5.74) is 3.76. The number of Topliss-reactive ketones (excluding diaryl/α,β-unsaturated/α-hetero) is 2. The smallest absolute Gasteiger partial charge is 0.303 e. The van der Waals surface area contributed by atoms with Gasteiger partial charge in [0.15, 0.2) is 23.0 Å². The average Bonchev–Trinajstić information content (AvgIpc) is 2.95. The molecule has 0 spiro atoms. The largest absolute Gasteiger partial charge is 0.451 e. The first kappa shape index (κ1) is 23.4. The van der Waals surface area contributed by atoms with Gasteiger partial charge in [0.05, 0.1) is 0 Å². The number of amides is 1. The van der Waals surface area contributed by atoms with Gasteiger partial charge in [-0.2, -0.15) is 0 Å². The molecular weight excluding hydrogens is 398 g/mol. The van der Waals surface area contributed by atoms with Crippen molar-refractivity contribution in [3.05, 3.63) is 11.6 Å². The number of hydrogen-bond acceptors (Lipinski definition) is 6. The van der Waals surface area contributed by atoms with Gasteiger partial charge in [-0.1, -0.05) is 13.8 Å². The Bertz CT molecular complexity index is 891. The Morgan fingerprint density at radius 2 is 1.61 bits per heavy atom. The van der Waals surface area contributed by atoms with Gasteiger partial charge in [-0.25, -0.2) is 0 Å². The zero-order valence-corrected chi connectivity index (χ0v) is 19.1. The third-order valence-electron chi connectivity index (χ3n) is 8.61. The standard InChI is InChI=1S/C24H33NO6/c1-13(26)19-12-16(29)6-9-22(19,4)17-7-10-23(5)18(20(17)21(25)30)8-11-24(23,14(2)27)31-15(3)28/h12,17-18,20H,6-11H2,1-5H3,(H2,25,30)/t17-,18-,20+,22+,23-,24-/m0/s1.